The smallest absolute Gasteiger partial charge is 0.221 e. The van der Waals surface area contributed by atoms with Gasteiger partial charge in [0.05, 0.1) is 12.7 Å². The molecule has 1 atom stereocenters. The fraction of sp³-hybridized carbons (Fsp3) is 0.929. The minimum absolute atomic E-state index is 0.154. The Hall–Kier alpha value is -0.610. The molecule has 0 aromatic heterocycles. The van der Waals surface area contributed by atoms with Gasteiger partial charge in [-0.25, -0.2) is 0 Å². The molecular weight excluding hydrogens is 228 g/mol. The van der Waals surface area contributed by atoms with Crippen LogP contribution >= 0.6 is 0 Å². The number of nitrogens with one attached hydrogen (secondary N) is 2. The topological polar surface area (TPSA) is 50.4 Å². The SMILES string of the molecule is O=C(CC1CCCN1)NCCOC1CCCCC1. The third-order valence-corrected chi connectivity index (χ3v) is 3.92. The Balaban J connectivity index is 1.47. The molecule has 4 nitrogen and oxygen atoms in total. The summed E-state index contributed by atoms with van der Waals surface area (Å²) in [4.78, 5) is 11.6. The van der Waals surface area contributed by atoms with Gasteiger partial charge in [0.25, 0.3) is 0 Å². The third-order valence-electron chi connectivity index (χ3n) is 3.92. The predicted octanol–water partition coefficient (Wildman–Crippen LogP) is 1.59. The largest absolute Gasteiger partial charge is 0.376 e. The maximum atomic E-state index is 11.6. The van der Waals surface area contributed by atoms with Crippen molar-refractivity contribution in [2.45, 2.75) is 63.5 Å². The third kappa shape index (κ3) is 4.94. The Bertz CT molecular complexity index is 246. The van der Waals surface area contributed by atoms with Crippen molar-refractivity contribution in [3.8, 4) is 0 Å². The molecule has 2 rings (SSSR count). The minimum atomic E-state index is 0.154. The average Bonchev–Trinajstić information content (AvgIpc) is 2.89. The Morgan fingerprint density at radius 3 is 2.72 bits per heavy atom. The molecule has 18 heavy (non-hydrogen) atoms. The first-order valence-electron chi connectivity index (χ1n) is 7.46. The van der Waals surface area contributed by atoms with Crippen LogP contribution in [0.15, 0.2) is 0 Å². The number of amides is 1. The highest BCUT2D eigenvalue weighted by molar-refractivity contribution is 5.76. The second kappa shape index (κ2) is 7.74. The molecule has 1 amide bonds. The summed E-state index contributed by atoms with van der Waals surface area (Å²) in [7, 11) is 0. The molecule has 2 N–H and O–H groups in total. The van der Waals surface area contributed by atoms with E-state index in [9.17, 15) is 4.79 Å². The Labute approximate surface area is 110 Å². The molecule has 104 valence electrons. The first kappa shape index (κ1) is 13.8. The van der Waals surface area contributed by atoms with E-state index in [1.807, 2.05) is 0 Å². The lowest BCUT2D eigenvalue weighted by molar-refractivity contribution is -0.121. The van der Waals surface area contributed by atoms with Gasteiger partial charge in [-0.2, -0.15) is 0 Å². The molecule has 2 aliphatic rings. The summed E-state index contributed by atoms with van der Waals surface area (Å²) < 4.78 is 5.77. The number of ether oxygens (including phenoxy) is 1. The highest BCUT2D eigenvalue weighted by Gasteiger charge is 2.17. The van der Waals surface area contributed by atoms with Gasteiger partial charge in [0, 0.05) is 19.0 Å². The zero-order chi connectivity index (χ0) is 12.6. The van der Waals surface area contributed by atoms with Crippen LogP contribution in [0.3, 0.4) is 0 Å². The van der Waals surface area contributed by atoms with E-state index >= 15 is 0 Å². The highest BCUT2D eigenvalue weighted by atomic mass is 16.5. The van der Waals surface area contributed by atoms with Crippen molar-refractivity contribution >= 4 is 5.91 Å². The van der Waals surface area contributed by atoms with Gasteiger partial charge in [0.2, 0.25) is 5.91 Å². The van der Waals surface area contributed by atoms with Crippen molar-refractivity contribution in [2.75, 3.05) is 19.7 Å². The second-order valence-corrected chi connectivity index (χ2v) is 5.48. The molecule has 1 aliphatic heterocycles. The van der Waals surface area contributed by atoms with Gasteiger partial charge < -0.3 is 15.4 Å². The monoisotopic (exact) mass is 254 g/mol. The van der Waals surface area contributed by atoms with E-state index in [0.717, 1.165) is 13.0 Å². The number of hydrogen-bond donors (Lipinski definition) is 2. The first-order chi connectivity index (χ1) is 8.84. The zero-order valence-corrected chi connectivity index (χ0v) is 11.2. The summed E-state index contributed by atoms with van der Waals surface area (Å²) in [6, 6.07) is 0.393. The van der Waals surface area contributed by atoms with E-state index in [2.05, 4.69) is 10.6 Å². The van der Waals surface area contributed by atoms with E-state index in [0.29, 0.717) is 31.7 Å². The first-order valence-corrected chi connectivity index (χ1v) is 7.46. The van der Waals surface area contributed by atoms with Crippen molar-refractivity contribution in [1.29, 1.82) is 0 Å². The molecular formula is C14H26N2O2. The Morgan fingerprint density at radius 1 is 1.17 bits per heavy atom. The normalized spacial score (nSPS) is 25.2. The lowest BCUT2D eigenvalue weighted by Gasteiger charge is -2.22. The average molecular weight is 254 g/mol. The van der Waals surface area contributed by atoms with Crippen LogP contribution < -0.4 is 10.6 Å². The summed E-state index contributed by atoms with van der Waals surface area (Å²) in [6.45, 7) is 2.37. The summed E-state index contributed by atoms with van der Waals surface area (Å²) in [5.41, 5.74) is 0. The standard InChI is InChI=1S/C14H26N2O2/c17-14(11-12-5-4-8-15-12)16-9-10-18-13-6-2-1-3-7-13/h12-13,15H,1-11H2,(H,16,17). The van der Waals surface area contributed by atoms with Crippen LogP contribution in [0.2, 0.25) is 0 Å². The number of hydrogen-bond acceptors (Lipinski definition) is 3. The Morgan fingerprint density at radius 2 is 2.00 bits per heavy atom. The molecule has 0 spiro atoms. The number of carbonyl (C=O) groups is 1. The maximum absolute atomic E-state index is 11.6. The molecule has 2 fully saturated rings. The van der Waals surface area contributed by atoms with Crippen molar-refractivity contribution in [3.05, 3.63) is 0 Å². The molecule has 0 aromatic rings. The molecule has 0 aromatic carbocycles. The van der Waals surface area contributed by atoms with E-state index in [1.54, 1.807) is 0 Å². The molecule has 1 unspecified atom stereocenters. The molecule has 4 heteroatoms. The van der Waals surface area contributed by atoms with Crippen molar-refractivity contribution in [1.82, 2.24) is 10.6 Å². The van der Waals surface area contributed by atoms with Crippen molar-refractivity contribution in [3.63, 3.8) is 0 Å². The van der Waals surface area contributed by atoms with E-state index in [4.69, 9.17) is 4.74 Å². The zero-order valence-electron chi connectivity index (χ0n) is 11.2. The van der Waals surface area contributed by atoms with Crippen LogP contribution in [-0.4, -0.2) is 37.7 Å². The van der Waals surface area contributed by atoms with Gasteiger partial charge in [0.1, 0.15) is 0 Å². The van der Waals surface area contributed by atoms with Gasteiger partial charge in [-0.05, 0) is 32.2 Å². The van der Waals surface area contributed by atoms with Crippen LogP contribution in [0.5, 0.6) is 0 Å². The second-order valence-electron chi connectivity index (χ2n) is 5.48. The van der Waals surface area contributed by atoms with Crippen molar-refractivity contribution in [2.24, 2.45) is 0 Å². The molecule has 1 heterocycles. The Kier molecular flexibility index (Phi) is 5.94. The van der Waals surface area contributed by atoms with Crippen LogP contribution in [0.25, 0.3) is 0 Å². The number of carbonyl (C=O) groups excluding carboxylic acids is 1. The van der Waals surface area contributed by atoms with Crippen LogP contribution in [0.4, 0.5) is 0 Å². The molecule has 1 saturated heterocycles. The van der Waals surface area contributed by atoms with Gasteiger partial charge in [-0.15, -0.1) is 0 Å². The summed E-state index contributed by atoms with van der Waals surface area (Å²) in [5, 5.41) is 6.28. The minimum Gasteiger partial charge on any atom is -0.376 e. The van der Waals surface area contributed by atoms with Crippen LogP contribution in [0, 0.1) is 0 Å². The predicted molar refractivity (Wildman–Crippen MR) is 71.5 cm³/mol. The summed E-state index contributed by atoms with van der Waals surface area (Å²) in [6.07, 6.45) is 9.71. The maximum Gasteiger partial charge on any atom is 0.221 e. The van der Waals surface area contributed by atoms with E-state index in [-0.39, 0.29) is 5.91 Å². The fourth-order valence-electron chi connectivity index (χ4n) is 2.87. The van der Waals surface area contributed by atoms with Crippen molar-refractivity contribution < 1.29 is 9.53 Å². The van der Waals surface area contributed by atoms with E-state index in [1.165, 1.54) is 38.5 Å². The quantitative estimate of drug-likeness (QED) is 0.708. The molecule has 1 saturated carbocycles. The van der Waals surface area contributed by atoms with Crippen LogP contribution in [-0.2, 0) is 9.53 Å². The van der Waals surface area contributed by atoms with Gasteiger partial charge in [0.15, 0.2) is 0 Å². The summed E-state index contributed by atoms with van der Waals surface area (Å²) >= 11 is 0. The van der Waals surface area contributed by atoms with Gasteiger partial charge in [-0.1, -0.05) is 19.3 Å². The highest BCUT2D eigenvalue weighted by Crippen LogP contribution is 2.19. The fourth-order valence-corrected chi connectivity index (χ4v) is 2.87. The van der Waals surface area contributed by atoms with Gasteiger partial charge in [-0.3, -0.25) is 4.79 Å². The lowest BCUT2D eigenvalue weighted by Crippen LogP contribution is -2.34. The molecule has 0 radical (unpaired) electrons. The number of rotatable bonds is 6. The summed E-state index contributed by atoms with van der Waals surface area (Å²) in [5.74, 6) is 0.154. The molecule has 0 bridgehead atoms. The lowest BCUT2D eigenvalue weighted by atomic mass is 9.98. The van der Waals surface area contributed by atoms with Gasteiger partial charge >= 0.3 is 0 Å². The molecule has 1 aliphatic carbocycles. The van der Waals surface area contributed by atoms with Crippen LogP contribution in [0.1, 0.15) is 51.4 Å². The van der Waals surface area contributed by atoms with E-state index < -0.39 is 0 Å².